The molecule has 2 heteroatoms. The number of hydrogen-bond donors (Lipinski definition) is 1. The van der Waals surface area contributed by atoms with Crippen molar-refractivity contribution in [2.75, 3.05) is 0 Å². The van der Waals surface area contributed by atoms with Crippen LogP contribution in [0.4, 0.5) is 0 Å². The number of nitrogens with one attached hydrogen (secondary N) is 1. The summed E-state index contributed by atoms with van der Waals surface area (Å²) in [5, 5.41) is 1.20. The van der Waals surface area contributed by atoms with E-state index < -0.39 is 0 Å². The number of hydrogen-bond acceptors (Lipinski definition) is 1. The van der Waals surface area contributed by atoms with Gasteiger partial charge in [0.1, 0.15) is 5.65 Å². The zero-order chi connectivity index (χ0) is 11.4. The monoisotopic (exact) mass is 206 g/mol. The highest BCUT2D eigenvalue weighted by molar-refractivity contribution is 5.76. The van der Waals surface area contributed by atoms with Gasteiger partial charge < -0.3 is 4.98 Å². The molecule has 2 nitrogen and oxygen atoms in total. The average Bonchev–Trinajstić information content (AvgIpc) is 2.63. The lowest BCUT2D eigenvalue weighted by Crippen LogP contribution is -1.86. The summed E-state index contributed by atoms with van der Waals surface area (Å²) in [5.41, 5.74) is 3.32. The van der Waals surface area contributed by atoms with Crippen LogP contribution in [0.1, 0.15) is 46.4 Å². The van der Waals surface area contributed by atoms with Gasteiger partial charge in [0.25, 0.3) is 0 Å². The number of nitrogens with zero attached hydrogens (tertiary/aromatic N) is 1. The molecule has 0 amide bonds. The summed E-state index contributed by atoms with van der Waals surface area (Å²) in [6.45, 7) is 10.4. The van der Waals surface area contributed by atoms with Gasteiger partial charge in [0.15, 0.2) is 0 Å². The summed E-state index contributed by atoms with van der Waals surface area (Å²) in [5.74, 6) is 0.537. The van der Waals surface area contributed by atoms with Gasteiger partial charge in [-0.25, -0.2) is 4.98 Å². The lowest BCUT2D eigenvalue weighted by Gasteiger charge is -1.97. The van der Waals surface area contributed by atoms with Crippen LogP contribution in [0.15, 0.2) is 18.2 Å². The van der Waals surface area contributed by atoms with Crippen molar-refractivity contribution in [1.29, 1.82) is 0 Å². The zero-order valence-corrected chi connectivity index (χ0v) is 10.3. The maximum atomic E-state index is 4.42. The SMILES string of the molecule is CC.Cc1ccc2cc(C(C)C)[nH]c2n1.[HH]. The van der Waals surface area contributed by atoms with E-state index in [9.17, 15) is 0 Å². The Morgan fingerprint density at radius 2 is 1.93 bits per heavy atom. The highest BCUT2D eigenvalue weighted by Crippen LogP contribution is 2.19. The molecule has 0 aromatic carbocycles. The van der Waals surface area contributed by atoms with E-state index in [1.807, 2.05) is 26.8 Å². The minimum Gasteiger partial charge on any atom is -0.343 e. The molecule has 0 saturated heterocycles. The Kier molecular flexibility index (Phi) is 3.89. The first-order chi connectivity index (χ1) is 7.16. The fourth-order valence-electron chi connectivity index (χ4n) is 1.44. The van der Waals surface area contributed by atoms with Crippen LogP contribution in [0.3, 0.4) is 0 Å². The van der Waals surface area contributed by atoms with Gasteiger partial charge in [-0.05, 0) is 31.0 Å². The van der Waals surface area contributed by atoms with Crippen molar-refractivity contribution in [3.63, 3.8) is 0 Å². The Balaban J connectivity index is 0.000000711. The van der Waals surface area contributed by atoms with E-state index in [1.54, 1.807) is 0 Å². The Hall–Kier alpha value is -1.31. The summed E-state index contributed by atoms with van der Waals surface area (Å²) in [4.78, 5) is 7.75. The van der Waals surface area contributed by atoms with E-state index in [0.29, 0.717) is 5.92 Å². The Morgan fingerprint density at radius 3 is 2.53 bits per heavy atom. The van der Waals surface area contributed by atoms with Crippen molar-refractivity contribution in [1.82, 2.24) is 9.97 Å². The average molecular weight is 206 g/mol. The van der Waals surface area contributed by atoms with E-state index >= 15 is 0 Å². The fourth-order valence-corrected chi connectivity index (χ4v) is 1.44. The molecular weight excluding hydrogens is 184 g/mol. The molecule has 2 aromatic heterocycles. The van der Waals surface area contributed by atoms with Crippen LogP contribution in [-0.2, 0) is 0 Å². The number of fused-ring (bicyclic) bond motifs is 1. The van der Waals surface area contributed by atoms with Crippen molar-refractivity contribution in [2.45, 2.75) is 40.5 Å². The van der Waals surface area contributed by atoms with Crippen LogP contribution >= 0.6 is 0 Å². The molecule has 2 heterocycles. The number of H-pyrrole nitrogens is 1. The van der Waals surface area contributed by atoms with Gasteiger partial charge >= 0.3 is 0 Å². The highest BCUT2D eigenvalue weighted by Gasteiger charge is 2.04. The number of pyridine rings is 1. The molecule has 2 rings (SSSR count). The third kappa shape index (κ3) is 2.58. The van der Waals surface area contributed by atoms with Crippen molar-refractivity contribution >= 4 is 11.0 Å². The minimum absolute atomic E-state index is 0. The maximum absolute atomic E-state index is 4.42. The molecule has 0 fully saturated rings. The largest absolute Gasteiger partial charge is 0.343 e. The molecule has 0 radical (unpaired) electrons. The van der Waals surface area contributed by atoms with Gasteiger partial charge in [0.05, 0.1) is 0 Å². The Labute approximate surface area is 93.2 Å². The molecule has 0 saturated carbocycles. The molecule has 0 aliphatic carbocycles. The molecule has 84 valence electrons. The van der Waals surface area contributed by atoms with Gasteiger partial charge in [0.2, 0.25) is 0 Å². The normalized spacial score (nSPS) is 10.3. The van der Waals surface area contributed by atoms with Crippen LogP contribution < -0.4 is 0 Å². The summed E-state index contributed by atoms with van der Waals surface area (Å²) in [6.07, 6.45) is 0. The molecule has 2 aromatic rings. The smallest absolute Gasteiger partial charge is 0.137 e. The molecule has 0 bridgehead atoms. The van der Waals surface area contributed by atoms with Gasteiger partial charge in [-0.1, -0.05) is 27.7 Å². The third-order valence-electron chi connectivity index (χ3n) is 2.26. The first-order valence-corrected chi connectivity index (χ1v) is 5.63. The fraction of sp³-hybridized carbons (Fsp3) is 0.462. The van der Waals surface area contributed by atoms with E-state index in [1.165, 1.54) is 11.1 Å². The predicted octanol–water partition coefficient (Wildman–Crippen LogP) is 4.27. The molecular formula is C13H22N2. The number of aryl methyl sites for hydroxylation is 1. The van der Waals surface area contributed by atoms with Gasteiger partial charge in [-0.2, -0.15) is 0 Å². The van der Waals surface area contributed by atoms with Crippen LogP contribution in [0, 0.1) is 6.92 Å². The van der Waals surface area contributed by atoms with E-state index in [0.717, 1.165) is 11.3 Å². The highest BCUT2D eigenvalue weighted by atomic mass is 14.9. The lowest BCUT2D eigenvalue weighted by molar-refractivity contribution is 0.835. The predicted molar refractivity (Wildman–Crippen MR) is 68.4 cm³/mol. The molecule has 0 spiro atoms. The van der Waals surface area contributed by atoms with Crippen LogP contribution in [-0.4, -0.2) is 9.97 Å². The first kappa shape index (κ1) is 11.8. The van der Waals surface area contributed by atoms with Crippen molar-refractivity contribution < 1.29 is 1.43 Å². The van der Waals surface area contributed by atoms with Crippen molar-refractivity contribution in [2.24, 2.45) is 0 Å². The molecule has 1 N–H and O–H groups in total. The topological polar surface area (TPSA) is 28.7 Å². The van der Waals surface area contributed by atoms with E-state index in [4.69, 9.17) is 0 Å². The molecule has 0 unspecified atom stereocenters. The number of aromatic amines is 1. The summed E-state index contributed by atoms with van der Waals surface area (Å²) < 4.78 is 0. The van der Waals surface area contributed by atoms with Gasteiger partial charge in [0, 0.05) is 18.2 Å². The van der Waals surface area contributed by atoms with Gasteiger partial charge in [-0.3, -0.25) is 0 Å². The standard InChI is InChI=1S/C11H14N2.C2H6.H2/c1-7(2)10-6-9-5-4-8(3)12-11(9)13-10;1-2;/h4-7H,1-3H3,(H,12,13);1-2H3;1H. The van der Waals surface area contributed by atoms with Crippen molar-refractivity contribution in [3.8, 4) is 0 Å². The number of aromatic nitrogens is 2. The van der Waals surface area contributed by atoms with Crippen LogP contribution in [0.25, 0.3) is 11.0 Å². The zero-order valence-electron chi connectivity index (χ0n) is 10.3. The minimum atomic E-state index is 0. The maximum Gasteiger partial charge on any atom is 0.137 e. The first-order valence-electron chi connectivity index (χ1n) is 5.63. The van der Waals surface area contributed by atoms with Crippen LogP contribution in [0.2, 0.25) is 0 Å². The Bertz CT molecular complexity index is 432. The second-order valence-electron chi connectivity index (χ2n) is 3.77. The third-order valence-corrected chi connectivity index (χ3v) is 2.26. The van der Waals surface area contributed by atoms with Crippen molar-refractivity contribution in [3.05, 3.63) is 29.6 Å². The molecule has 0 aliphatic rings. The Morgan fingerprint density at radius 1 is 1.27 bits per heavy atom. The summed E-state index contributed by atoms with van der Waals surface area (Å²) in [7, 11) is 0. The van der Waals surface area contributed by atoms with E-state index in [-0.39, 0.29) is 1.43 Å². The summed E-state index contributed by atoms with van der Waals surface area (Å²) in [6, 6.07) is 6.33. The van der Waals surface area contributed by atoms with Crippen LogP contribution in [0.5, 0.6) is 0 Å². The summed E-state index contributed by atoms with van der Waals surface area (Å²) >= 11 is 0. The number of rotatable bonds is 1. The van der Waals surface area contributed by atoms with E-state index in [2.05, 4.69) is 35.9 Å². The second-order valence-corrected chi connectivity index (χ2v) is 3.77. The lowest BCUT2D eigenvalue weighted by atomic mass is 10.1. The molecule has 0 aliphatic heterocycles. The second kappa shape index (κ2) is 4.96. The van der Waals surface area contributed by atoms with Gasteiger partial charge in [-0.15, -0.1) is 0 Å². The molecule has 15 heavy (non-hydrogen) atoms. The molecule has 0 atom stereocenters. The quantitative estimate of drug-likeness (QED) is 0.741.